The number of nitrogens with zero attached hydrogens (tertiary/aromatic N) is 2. The molecule has 8 heteroatoms. The van der Waals surface area contributed by atoms with Crippen molar-refractivity contribution < 1.29 is 19.6 Å². The number of fused-ring (bicyclic) bond motifs is 1. The number of nitro groups is 1. The van der Waals surface area contributed by atoms with Crippen LogP contribution in [0.1, 0.15) is 32.3 Å². The molecule has 1 aromatic rings. The average Bonchev–Trinajstić information content (AvgIpc) is 2.90. The van der Waals surface area contributed by atoms with Gasteiger partial charge in [-0.2, -0.15) is 0 Å². The number of carboxylic acid groups (broad SMARTS) is 1. The number of rotatable bonds is 7. The molecule has 0 spiro atoms. The molecule has 26 heavy (non-hydrogen) atoms. The van der Waals surface area contributed by atoms with Crippen LogP contribution in [0, 0.1) is 16.0 Å². The third-order valence-corrected chi connectivity index (χ3v) is 6.12. The molecule has 3 rings (SSSR count). The molecule has 1 fully saturated rings. The smallest absolute Gasteiger partial charge is 0.353 e. The number of hydrogen-bond donors (Lipinski definition) is 1. The fourth-order valence-electron chi connectivity index (χ4n) is 3.68. The van der Waals surface area contributed by atoms with Gasteiger partial charge in [-0.3, -0.25) is 14.9 Å². The van der Waals surface area contributed by atoms with Gasteiger partial charge < -0.3 is 10.0 Å². The maximum atomic E-state index is 12.2. The zero-order valence-electron chi connectivity index (χ0n) is 14.5. The summed E-state index contributed by atoms with van der Waals surface area (Å²) in [5.74, 6) is -1.22. The molecule has 2 aliphatic heterocycles. The standard InChI is InChI=1S/C18H20N2O5S/c1-3-13-14-9-15(16(18(22)23)19(14)17(13)21)26-10(2)8-11-4-6-12(7-5-11)20(24)25/h4-7,10,13-14H,3,8-9H2,1-2H3,(H,22,23)/t10?,13-,14-/m1/s1. The van der Waals surface area contributed by atoms with E-state index in [0.29, 0.717) is 12.8 Å². The van der Waals surface area contributed by atoms with E-state index in [4.69, 9.17) is 0 Å². The van der Waals surface area contributed by atoms with Gasteiger partial charge in [0, 0.05) is 28.7 Å². The van der Waals surface area contributed by atoms with Crippen molar-refractivity contribution in [2.24, 2.45) is 5.92 Å². The lowest BCUT2D eigenvalue weighted by molar-refractivity contribution is -0.384. The van der Waals surface area contributed by atoms with Crippen LogP contribution in [-0.4, -0.2) is 38.1 Å². The monoisotopic (exact) mass is 376 g/mol. The van der Waals surface area contributed by atoms with Gasteiger partial charge in [0.25, 0.3) is 5.69 Å². The third kappa shape index (κ3) is 3.21. The summed E-state index contributed by atoms with van der Waals surface area (Å²) < 4.78 is 0. The molecule has 0 aliphatic carbocycles. The van der Waals surface area contributed by atoms with Gasteiger partial charge in [-0.15, -0.1) is 11.8 Å². The van der Waals surface area contributed by atoms with E-state index >= 15 is 0 Å². The van der Waals surface area contributed by atoms with Crippen LogP contribution in [0.15, 0.2) is 34.9 Å². The van der Waals surface area contributed by atoms with Crippen molar-refractivity contribution in [1.82, 2.24) is 4.90 Å². The SMILES string of the molecule is CC[C@H]1C(=O)N2C(C(=O)O)=C(SC(C)Cc3ccc([N+](=O)[O-])cc3)C[C@H]12. The number of carbonyl (C=O) groups is 2. The predicted octanol–water partition coefficient (Wildman–Crippen LogP) is 3.20. The number of carbonyl (C=O) groups excluding carboxylic acids is 1. The van der Waals surface area contributed by atoms with Crippen LogP contribution in [0.2, 0.25) is 0 Å². The summed E-state index contributed by atoms with van der Waals surface area (Å²) in [6, 6.07) is 6.37. The Morgan fingerprint density at radius 1 is 1.42 bits per heavy atom. The first-order chi connectivity index (χ1) is 12.3. The summed E-state index contributed by atoms with van der Waals surface area (Å²) in [4.78, 5) is 36.3. The van der Waals surface area contributed by atoms with E-state index in [1.54, 1.807) is 12.1 Å². The molecule has 1 aromatic carbocycles. The molecule has 2 heterocycles. The van der Waals surface area contributed by atoms with Crippen molar-refractivity contribution in [3.05, 3.63) is 50.5 Å². The Morgan fingerprint density at radius 2 is 2.08 bits per heavy atom. The molecule has 7 nitrogen and oxygen atoms in total. The first-order valence-corrected chi connectivity index (χ1v) is 9.41. The van der Waals surface area contributed by atoms with Crippen LogP contribution in [0.3, 0.4) is 0 Å². The molecule has 138 valence electrons. The van der Waals surface area contributed by atoms with E-state index in [1.165, 1.54) is 28.8 Å². The van der Waals surface area contributed by atoms with Gasteiger partial charge in [-0.05, 0) is 18.4 Å². The topological polar surface area (TPSA) is 101 Å². The lowest BCUT2D eigenvalue weighted by Gasteiger charge is -2.42. The van der Waals surface area contributed by atoms with Gasteiger partial charge in [-0.1, -0.05) is 26.0 Å². The summed E-state index contributed by atoms with van der Waals surface area (Å²) in [5.41, 5.74) is 1.14. The quantitative estimate of drug-likeness (QED) is 0.445. The van der Waals surface area contributed by atoms with Gasteiger partial charge in [0.2, 0.25) is 5.91 Å². The van der Waals surface area contributed by atoms with Gasteiger partial charge in [0.05, 0.1) is 16.9 Å². The molecular weight excluding hydrogens is 356 g/mol. The Labute approximate surface area is 155 Å². The molecular formula is C18H20N2O5S. The fourth-order valence-corrected chi connectivity index (χ4v) is 5.00. The van der Waals surface area contributed by atoms with Gasteiger partial charge in [-0.25, -0.2) is 4.79 Å². The van der Waals surface area contributed by atoms with Crippen LogP contribution in [0.4, 0.5) is 5.69 Å². The van der Waals surface area contributed by atoms with Gasteiger partial charge in [0.15, 0.2) is 0 Å². The molecule has 1 saturated heterocycles. The van der Waals surface area contributed by atoms with Crippen molar-refractivity contribution >= 4 is 29.3 Å². The molecule has 1 N–H and O–H groups in total. The van der Waals surface area contributed by atoms with E-state index < -0.39 is 10.9 Å². The molecule has 3 atom stereocenters. The van der Waals surface area contributed by atoms with Crippen molar-refractivity contribution in [1.29, 1.82) is 0 Å². The Balaban J connectivity index is 1.70. The normalized spacial score (nSPS) is 22.8. The molecule has 1 unspecified atom stereocenters. The Bertz CT molecular complexity index is 789. The van der Waals surface area contributed by atoms with Crippen molar-refractivity contribution in [3.63, 3.8) is 0 Å². The third-order valence-electron chi connectivity index (χ3n) is 4.91. The first-order valence-electron chi connectivity index (χ1n) is 8.53. The number of hydrogen-bond acceptors (Lipinski definition) is 5. The van der Waals surface area contributed by atoms with E-state index in [9.17, 15) is 24.8 Å². The van der Waals surface area contributed by atoms with Crippen molar-refractivity contribution in [2.45, 2.75) is 44.4 Å². The molecule has 1 amide bonds. The summed E-state index contributed by atoms with van der Waals surface area (Å²) >= 11 is 1.48. The highest BCUT2D eigenvalue weighted by atomic mass is 32.2. The first kappa shape index (κ1) is 18.4. The molecule has 0 bridgehead atoms. The highest BCUT2D eigenvalue weighted by Crippen LogP contribution is 2.48. The number of aliphatic carboxylic acids is 1. The fraction of sp³-hybridized carbons (Fsp3) is 0.444. The lowest BCUT2D eigenvalue weighted by Crippen LogP contribution is -2.58. The van der Waals surface area contributed by atoms with Crippen LogP contribution in [0.5, 0.6) is 0 Å². The summed E-state index contributed by atoms with van der Waals surface area (Å²) in [7, 11) is 0. The Hall–Kier alpha value is -2.35. The summed E-state index contributed by atoms with van der Waals surface area (Å²) in [6.07, 6.45) is 1.99. The highest BCUT2D eigenvalue weighted by molar-refractivity contribution is 8.03. The number of non-ortho nitro benzene ring substituents is 1. The number of nitro benzene ring substituents is 1. The second-order valence-electron chi connectivity index (χ2n) is 6.63. The second kappa shape index (κ2) is 7.11. The maximum Gasteiger partial charge on any atom is 0.353 e. The van der Waals surface area contributed by atoms with E-state index in [2.05, 4.69) is 0 Å². The van der Waals surface area contributed by atoms with Gasteiger partial charge >= 0.3 is 5.97 Å². The number of thioether (sulfide) groups is 1. The Morgan fingerprint density at radius 3 is 2.62 bits per heavy atom. The number of amides is 1. The minimum atomic E-state index is -1.06. The number of carboxylic acids is 1. The predicted molar refractivity (Wildman–Crippen MR) is 97.5 cm³/mol. The van der Waals surface area contributed by atoms with E-state index in [1.807, 2.05) is 13.8 Å². The zero-order valence-corrected chi connectivity index (χ0v) is 15.4. The molecule has 2 aliphatic rings. The van der Waals surface area contributed by atoms with Crippen molar-refractivity contribution in [3.8, 4) is 0 Å². The van der Waals surface area contributed by atoms with Gasteiger partial charge in [0.1, 0.15) is 5.70 Å². The van der Waals surface area contributed by atoms with Crippen LogP contribution >= 0.6 is 11.8 Å². The highest BCUT2D eigenvalue weighted by Gasteiger charge is 2.54. The zero-order chi connectivity index (χ0) is 19.0. The van der Waals surface area contributed by atoms with Crippen LogP contribution < -0.4 is 0 Å². The minimum absolute atomic E-state index is 0.0207. The van der Waals surface area contributed by atoms with Crippen molar-refractivity contribution in [2.75, 3.05) is 0 Å². The van der Waals surface area contributed by atoms with Crippen LogP contribution in [0.25, 0.3) is 0 Å². The molecule has 0 aromatic heterocycles. The average molecular weight is 376 g/mol. The number of benzene rings is 1. The van der Waals surface area contributed by atoms with E-state index in [0.717, 1.165) is 16.9 Å². The van der Waals surface area contributed by atoms with E-state index in [-0.39, 0.29) is 34.5 Å². The molecule has 0 radical (unpaired) electrons. The second-order valence-corrected chi connectivity index (χ2v) is 8.16. The van der Waals surface area contributed by atoms with Crippen LogP contribution in [-0.2, 0) is 16.0 Å². The minimum Gasteiger partial charge on any atom is -0.477 e. The molecule has 0 saturated carbocycles. The largest absolute Gasteiger partial charge is 0.477 e. The lowest BCUT2D eigenvalue weighted by atomic mass is 9.85. The maximum absolute atomic E-state index is 12.2. The Kier molecular flexibility index (Phi) is 5.04. The summed E-state index contributed by atoms with van der Waals surface area (Å²) in [6.45, 7) is 3.94. The summed E-state index contributed by atoms with van der Waals surface area (Å²) in [5, 5.41) is 20.3. The number of β-lactam (4-membered cyclic amide) rings is 1.